The Morgan fingerprint density at radius 3 is 2.25 bits per heavy atom. The monoisotopic (exact) mass is 370 g/mol. The van der Waals surface area contributed by atoms with Crippen molar-refractivity contribution in [3.63, 3.8) is 0 Å². The van der Waals surface area contributed by atoms with Crippen molar-refractivity contribution in [1.82, 2.24) is 4.90 Å². The molecule has 3 heteroatoms. The summed E-state index contributed by atoms with van der Waals surface area (Å²) >= 11 is 0. The Morgan fingerprint density at radius 2 is 1.61 bits per heavy atom. The number of carbonyl (C=O) groups excluding carboxylic acids is 1. The molecule has 1 saturated heterocycles. The van der Waals surface area contributed by atoms with Gasteiger partial charge >= 0.3 is 0 Å². The van der Waals surface area contributed by atoms with Crippen molar-refractivity contribution >= 4 is 5.91 Å². The maximum Gasteiger partial charge on any atom is 0.253 e. The molecule has 1 aliphatic heterocycles. The highest BCUT2D eigenvalue weighted by Gasteiger charge is 2.33. The van der Waals surface area contributed by atoms with Gasteiger partial charge in [0, 0.05) is 24.2 Å². The van der Waals surface area contributed by atoms with Crippen LogP contribution in [0.1, 0.15) is 29.3 Å². The summed E-state index contributed by atoms with van der Waals surface area (Å²) in [4.78, 5) is 15.0. The molecule has 28 heavy (non-hydrogen) atoms. The van der Waals surface area contributed by atoms with Crippen molar-refractivity contribution in [1.29, 1.82) is 0 Å². The van der Waals surface area contributed by atoms with Crippen LogP contribution in [-0.4, -0.2) is 29.4 Å². The number of hydrogen-bond acceptors (Lipinski definition) is 2. The van der Waals surface area contributed by atoms with Crippen molar-refractivity contribution in [2.24, 2.45) is 5.73 Å². The van der Waals surface area contributed by atoms with Crippen LogP contribution in [0.15, 0.2) is 72.8 Å². The first kappa shape index (κ1) is 18.5. The van der Waals surface area contributed by atoms with E-state index in [9.17, 15) is 4.79 Å². The molecule has 1 aliphatic rings. The van der Waals surface area contributed by atoms with E-state index in [1.165, 1.54) is 5.56 Å². The van der Waals surface area contributed by atoms with E-state index in [0.29, 0.717) is 18.7 Å². The number of carbonyl (C=O) groups is 1. The van der Waals surface area contributed by atoms with Crippen LogP contribution in [0, 0.1) is 6.92 Å². The van der Waals surface area contributed by atoms with Crippen molar-refractivity contribution in [3.8, 4) is 22.3 Å². The van der Waals surface area contributed by atoms with Crippen LogP contribution in [0.25, 0.3) is 22.3 Å². The first-order valence-electron chi connectivity index (χ1n) is 9.78. The maximum atomic E-state index is 13.1. The van der Waals surface area contributed by atoms with E-state index in [1.54, 1.807) is 0 Å². The van der Waals surface area contributed by atoms with Gasteiger partial charge in [-0.25, -0.2) is 0 Å². The largest absolute Gasteiger partial charge is 0.337 e. The number of benzene rings is 3. The third-order valence-electron chi connectivity index (χ3n) is 5.51. The second-order valence-corrected chi connectivity index (χ2v) is 8.12. The Morgan fingerprint density at radius 1 is 0.929 bits per heavy atom. The zero-order valence-corrected chi connectivity index (χ0v) is 16.5. The fourth-order valence-electron chi connectivity index (χ4n) is 3.86. The van der Waals surface area contributed by atoms with Gasteiger partial charge in [0.15, 0.2) is 0 Å². The van der Waals surface area contributed by atoms with E-state index < -0.39 is 0 Å². The van der Waals surface area contributed by atoms with Gasteiger partial charge in [0.1, 0.15) is 0 Å². The topological polar surface area (TPSA) is 46.3 Å². The molecule has 0 saturated carbocycles. The smallest absolute Gasteiger partial charge is 0.253 e. The van der Waals surface area contributed by atoms with Gasteiger partial charge in [-0.1, -0.05) is 66.2 Å². The lowest BCUT2D eigenvalue weighted by Crippen LogP contribution is -2.40. The molecule has 0 unspecified atom stereocenters. The lowest BCUT2D eigenvalue weighted by Gasteiger charge is -2.21. The number of amides is 1. The molecule has 3 aromatic carbocycles. The van der Waals surface area contributed by atoms with Gasteiger partial charge in [0.2, 0.25) is 0 Å². The molecule has 1 amide bonds. The third-order valence-corrected chi connectivity index (χ3v) is 5.51. The molecule has 0 bridgehead atoms. The van der Waals surface area contributed by atoms with Gasteiger partial charge in [-0.3, -0.25) is 4.79 Å². The van der Waals surface area contributed by atoms with Crippen LogP contribution in [0.2, 0.25) is 0 Å². The van der Waals surface area contributed by atoms with Crippen molar-refractivity contribution < 1.29 is 4.79 Å². The van der Waals surface area contributed by atoms with Gasteiger partial charge in [0.25, 0.3) is 5.91 Å². The minimum atomic E-state index is -0.292. The Labute approximate surface area is 166 Å². The summed E-state index contributed by atoms with van der Waals surface area (Å²) in [6.45, 7) is 5.42. The number of nitrogens with zero attached hydrogens (tertiary/aromatic N) is 1. The standard InChI is InChI=1S/C25H26N2O/c1-18-8-10-20(11-9-18)22-13-12-21(16-23(22)19-6-4-3-5-7-19)24(28)27-15-14-25(2,26)17-27/h3-13,16H,14-15,17,26H2,1-2H3/t25-/m0/s1. The predicted molar refractivity (Wildman–Crippen MR) is 115 cm³/mol. The van der Waals surface area contributed by atoms with Crippen molar-refractivity contribution in [2.45, 2.75) is 25.8 Å². The van der Waals surface area contributed by atoms with Crippen LogP contribution < -0.4 is 5.73 Å². The molecule has 1 atom stereocenters. The van der Waals surface area contributed by atoms with Gasteiger partial charge in [-0.05, 0) is 54.7 Å². The molecule has 3 nitrogen and oxygen atoms in total. The maximum absolute atomic E-state index is 13.1. The average Bonchev–Trinajstić information content (AvgIpc) is 3.08. The summed E-state index contributed by atoms with van der Waals surface area (Å²) in [5.41, 5.74) is 12.3. The molecule has 0 aromatic heterocycles. The van der Waals surface area contributed by atoms with Crippen molar-refractivity contribution in [2.75, 3.05) is 13.1 Å². The highest BCUT2D eigenvalue weighted by Crippen LogP contribution is 2.34. The highest BCUT2D eigenvalue weighted by molar-refractivity contribution is 5.98. The van der Waals surface area contributed by atoms with E-state index >= 15 is 0 Å². The number of likely N-dealkylation sites (tertiary alicyclic amines) is 1. The molecule has 142 valence electrons. The first-order valence-corrected chi connectivity index (χ1v) is 9.78. The summed E-state index contributed by atoms with van der Waals surface area (Å²) < 4.78 is 0. The van der Waals surface area contributed by atoms with E-state index in [-0.39, 0.29) is 11.4 Å². The van der Waals surface area contributed by atoms with Crippen molar-refractivity contribution in [3.05, 3.63) is 83.9 Å². The van der Waals surface area contributed by atoms with E-state index in [1.807, 2.05) is 42.2 Å². The molecule has 1 fully saturated rings. The summed E-state index contributed by atoms with van der Waals surface area (Å²) in [5.74, 6) is 0.0572. The van der Waals surface area contributed by atoms with Gasteiger partial charge < -0.3 is 10.6 Å². The average molecular weight is 370 g/mol. The lowest BCUT2D eigenvalue weighted by molar-refractivity contribution is 0.0785. The molecule has 0 spiro atoms. The quantitative estimate of drug-likeness (QED) is 0.713. The lowest BCUT2D eigenvalue weighted by atomic mass is 9.92. The number of hydrogen-bond donors (Lipinski definition) is 1. The van der Waals surface area contributed by atoms with Crippen LogP contribution >= 0.6 is 0 Å². The van der Waals surface area contributed by atoms with Gasteiger partial charge in [-0.15, -0.1) is 0 Å². The second-order valence-electron chi connectivity index (χ2n) is 8.12. The summed E-state index contributed by atoms with van der Waals surface area (Å²) in [5, 5.41) is 0. The fraction of sp³-hybridized carbons (Fsp3) is 0.240. The van der Waals surface area contributed by atoms with Crippen LogP contribution in [-0.2, 0) is 0 Å². The Hall–Kier alpha value is -2.91. The minimum absolute atomic E-state index is 0.0572. The van der Waals surface area contributed by atoms with E-state index in [0.717, 1.165) is 28.7 Å². The Balaban J connectivity index is 1.77. The number of nitrogens with two attached hydrogens (primary N) is 1. The third kappa shape index (κ3) is 3.71. The Bertz CT molecular complexity index is 991. The van der Waals surface area contributed by atoms with Gasteiger partial charge in [-0.2, -0.15) is 0 Å². The Kier molecular flexibility index (Phi) is 4.78. The van der Waals surface area contributed by atoms with E-state index in [2.05, 4.69) is 49.4 Å². The van der Waals surface area contributed by atoms with Crippen LogP contribution in [0.4, 0.5) is 0 Å². The highest BCUT2D eigenvalue weighted by atomic mass is 16.2. The van der Waals surface area contributed by atoms with Crippen LogP contribution in [0.5, 0.6) is 0 Å². The molecule has 0 radical (unpaired) electrons. The molecule has 3 aromatic rings. The normalized spacial score (nSPS) is 19.0. The molecule has 0 aliphatic carbocycles. The minimum Gasteiger partial charge on any atom is -0.337 e. The fourth-order valence-corrected chi connectivity index (χ4v) is 3.86. The van der Waals surface area contributed by atoms with E-state index in [4.69, 9.17) is 5.73 Å². The van der Waals surface area contributed by atoms with Crippen LogP contribution in [0.3, 0.4) is 0 Å². The summed E-state index contributed by atoms with van der Waals surface area (Å²) in [6.07, 6.45) is 0.839. The molecule has 2 N–H and O–H groups in total. The number of aryl methyl sites for hydroxylation is 1. The second kappa shape index (κ2) is 7.25. The number of rotatable bonds is 3. The van der Waals surface area contributed by atoms with Gasteiger partial charge in [0.05, 0.1) is 0 Å². The zero-order chi connectivity index (χ0) is 19.7. The predicted octanol–water partition coefficient (Wildman–Crippen LogP) is 4.89. The zero-order valence-electron chi connectivity index (χ0n) is 16.5. The molecular formula is C25H26N2O. The first-order chi connectivity index (χ1) is 13.4. The summed E-state index contributed by atoms with van der Waals surface area (Å²) in [6, 6.07) is 24.8. The molecular weight excluding hydrogens is 344 g/mol. The molecule has 4 rings (SSSR count). The SMILES string of the molecule is Cc1ccc(-c2ccc(C(=O)N3CC[C@](C)(N)C3)cc2-c2ccccc2)cc1. The molecule has 1 heterocycles. The summed E-state index contributed by atoms with van der Waals surface area (Å²) in [7, 11) is 0.